The molecule has 16 heavy (non-hydrogen) atoms. The van der Waals surface area contributed by atoms with Gasteiger partial charge in [-0.15, -0.1) is 0 Å². The summed E-state index contributed by atoms with van der Waals surface area (Å²) in [5, 5.41) is 8.73. The fourth-order valence-electron chi connectivity index (χ4n) is 2.07. The van der Waals surface area contributed by atoms with Crippen molar-refractivity contribution >= 4 is 5.82 Å². The van der Waals surface area contributed by atoms with Gasteiger partial charge in [-0.1, -0.05) is 0 Å². The van der Waals surface area contributed by atoms with Gasteiger partial charge >= 0.3 is 0 Å². The van der Waals surface area contributed by atoms with Crippen molar-refractivity contribution in [3.8, 4) is 6.07 Å². The lowest BCUT2D eigenvalue weighted by atomic mass is 9.86. The third kappa shape index (κ3) is 2.12. The zero-order chi connectivity index (χ0) is 11.5. The molecule has 0 bridgehead atoms. The molecule has 1 aliphatic carbocycles. The molecule has 0 saturated heterocycles. The number of nitrogens with two attached hydrogens (primary N) is 2. The molecule has 1 aromatic rings. The summed E-state index contributed by atoms with van der Waals surface area (Å²) in [6.45, 7) is 0. The van der Waals surface area contributed by atoms with Gasteiger partial charge in [-0.2, -0.15) is 5.26 Å². The second kappa shape index (κ2) is 4.45. The van der Waals surface area contributed by atoms with Gasteiger partial charge in [0.1, 0.15) is 23.3 Å². The van der Waals surface area contributed by atoms with Crippen molar-refractivity contribution in [2.75, 3.05) is 5.73 Å². The van der Waals surface area contributed by atoms with Gasteiger partial charge in [0.25, 0.3) is 0 Å². The summed E-state index contributed by atoms with van der Waals surface area (Å²) in [6.07, 6.45) is 5.53. The first kappa shape index (κ1) is 10.8. The molecule has 0 aliphatic heterocycles. The van der Waals surface area contributed by atoms with Crippen LogP contribution in [0.4, 0.5) is 5.82 Å². The monoisotopic (exact) mass is 217 g/mol. The predicted octanol–water partition coefficient (Wildman–Crippen LogP) is 0.915. The molecular formula is C11H15N5. The van der Waals surface area contributed by atoms with E-state index in [0.717, 1.165) is 31.5 Å². The first-order valence-corrected chi connectivity index (χ1v) is 5.48. The summed E-state index contributed by atoms with van der Waals surface area (Å²) < 4.78 is 0. The molecule has 5 nitrogen and oxygen atoms in total. The van der Waals surface area contributed by atoms with Gasteiger partial charge in [-0.05, 0) is 25.7 Å². The van der Waals surface area contributed by atoms with E-state index < -0.39 is 0 Å². The van der Waals surface area contributed by atoms with E-state index in [-0.39, 0.29) is 5.82 Å². The summed E-state index contributed by atoms with van der Waals surface area (Å²) in [6, 6.07) is 2.27. The Kier molecular flexibility index (Phi) is 3.02. The second-order valence-electron chi connectivity index (χ2n) is 4.25. The Morgan fingerprint density at radius 3 is 2.56 bits per heavy atom. The average Bonchev–Trinajstić information content (AvgIpc) is 2.30. The normalized spacial score (nSPS) is 25.0. The van der Waals surface area contributed by atoms with E-state index in [4.69, 9.17) is 16.7 Å². The maximum atomic E-state index is 8.73. The van der Waals surface area contributed by atoms with Gasteiger partial charge in [-0.3, -0.25) is 0 Å². The standard InChI is InChI=1S/C11H15N5/c12-5-8-6-15-11(16-10(8)14)7-1-3-9(13)4-2-7/h6-7,9H,1-4,13H2,(H2,14,15,16). The van der Waals surface area contributed by atoms with Crippen molar-refractivity contribution in [1.82, 2.24) is 9.97 Å². The molecule has 0 spiro atoms. The van der Waals surface area contributed by atoms with Gasteiger partial charge in [-0.25, -0.2) is 9.97 Å². The smallest absolute Gasteiger partial charge is 0.145 e. The highest BCUT2D eigenvalue weighted by molar-refractivity contribution is 5.46. The Morgan fingerprint density at radius 2 is 2.00 bits per heavy atom. The van der Waals surface area contributed by atoms with Gasteiger partial charge in [0.2, 0.25) is 0 Å². The number of nitrogens with zero attached hydrogens (tertiary/aromatic N) is 3. The molecule has 4 N–H and O–H groups in total. The van der Waals surface area contributed by atoms with Crippen LogP contribution in [0.3, 0.4) is 0 Å². The van der Waals surface area contributed by atoms with Crippen LogP contribution in [0, 0.1) is 11.3 Å². The van der Waals surface area contributed by atoms with Crippen molar-refractivity contribution in [3.63, 3.8) is 0 Å². The topological polar surface area (TPSA) is 102 Å². The Bertz CT molecular complexity index is 415. The van der Waals surface area contributed by atoms with Crippen LogP contribution in [0.1, 0.15) is 43.0 Å². The Hall–Kier alpha value is -1.67. The maximum Gasteiger partial charge on any atom is 0.145 e. The minimum absolute atomic E-state index is 0.280. The molecule has 0 amide bonds. The van der Waals surface area contributed by atoms with Crippen LogP contribution in [0.15, 0.2) is 6.20 Å². The average molecular weight is 217 g/mol. The maximum absolute atomic E-state index is 8.73. The van der Waals surface area contributed by atoms with E-state index >= 15 is 0 Å². The number of hydrogen-bond acceptors (Lipinski definition) is 5. The Balaban J connectivity index is 2.16. The molecule has 0 unspecified atom stereocenters. The molecule has 1 aliphatic rings. The Morgan fingerprint density at radius 1 is 1.31 bits per heavy atom. The minimum atomic E-state index is 0.280. The van der Waals surface area contributed by atoms with E-state index in [9.17, 15) is 0 Å². The van der Waals surface area contributed by atoms with Crippen LogP contribution in [0.25, 0.3) is 0 Å². The zero-order valence-electron chi connectivity index (χ0n) is 9.06. The summed E-state index contributed by atoms with van der Waals surface area (Å²) in [5.41, 5.74) is 11.9. The van der Waals surface area contributed by atoms with Gasteiger partial charge in [0, 0.05) is 12.0 Å². The summed E-state index contributed by atoms with van der Waals surface area (Å²) in [4.78, 5) is 8.40. The molecule has 84 valence electrons. The van der Waals surface area contributed by atoms with E-state index in [1.54, 1.807) is 0 Å². The van der Waals surface area contributed by atoms with Crippen molar-refractivity contribution < 1.29 is 0 Å². The largest absolute Gasteiger partial charge is 0.382 e. The molecule has 5 heteroatoms. The van der Waals surface area contributed by atoms with Crippen molar-refractivity contribution in [2.45, 2.75) is 37.6 Å². The first-order valence-electron chi connectivity index (χ1n) is 5.48. The minimum Gasteiger partial charge on any atom is -0.382 e. The lowest BCUT2D eigenvalue weighted by molar-refractivity contribution is 0.385. The fourth-order valence-corrected chi connectivity index (χ4v) is 2.07. The van der Waals surface area contributed by atoms with Crippen LogP contribution in [-0.2, 0) is 0 Å². The highest BCUT2D eigenvalue weighted by atomic mass is 14.9. The van der Waals surface area contributed by atoms with Crippen molar-refractivity contribution in [1.29, 1.82) is 5.26 Å². The molecule has 0 aromatic carbocycles. The second-order valence-corrected chi connectivity index (χ2v) is 4.25. The van der Waals surface area contributed by atoms with Crippen LogP contribution in [-0.4, -0.2) is 16.0 Å². The molecule has 1 saturated carbocycles. The van der Waals surface area contributed by atoms with Gasteiger partial charge in [0.05, 0.1) is 6.20 Å². The summed E-state index contributed by atoms with van der Waals surface area (Å²) in [5.74, 6) is 1.38. The van der Waals surface area contributed by atoms with Crippen LogP contribution in [0.5, 0.6) is 0 Å². The molecule has 1 heterocycles. The third-order valence-electron chi connectivity index (χ3n) is 3.09. The third-order valence-corrected chi connectivity index (χ3v) is 3.09. The lowest BCUT2D eigenvalue weighted by Gasteiger charge is -2.24. The Labute approximate surface area is 94.5 Å². The van der Waals surface area contributed by atoms with Crippen LogP contribution in [0.2, 0.25) is 0 Å². The van der Waals surface area contributed by atoms with E-state index in [2.05, 4.69) is 9.97 Å². The van der Waals surface area contributed by atoms with E-state index in [1.165, 1.54) is 6.20 Å². The number of anilines is 1. The molecule has 1 aromatic heterocycles. The highest BCUT2D eigenvalue weighted by Crippen LogP contribution is 2.30. The van der Waals surface area contributed by atoms with E-state index in [1.807, 2.05) is 6.07 Å². The zero-order valence-corrected chi connectivity index (χ0v) is 9.06. The molecule has 0 radical (unpaired) electrons. The molecular weight excluding hydrogens is 202 g/mol. The van der Waals surface area contributed by atoms with Gasteiger partial charge in [0.15, 0.2) is 0 Å². The molecule has 0 atom stereocenters. The summed E-state index contributed by atoms with van der Waals surface area (Å²) in [7, 11) is 0. The molecule has 1 fully saturated rings. The van der Waals surface area contributed by atoms with E-state index in [0.29, 0.717) is 17.5 Å². The molecule has 2 rings (SSSR count). The first-order chi connectivity index (χ1) is 7.70. The van der Waals surface area contributed by atoms with Crippen molar-refractivity contribution in [3.05, 3.63) is 17.6 Å². The predicted molar refractivity (Wildman–Crippen MR) is 60.3 cm³/mol. The number of nitriles is 1. The van der Waals surface area contributed by atoms with Crippen molar-refractivity contribution in [2.24, 2.45) is 5.73 Å². The number of hydrogen-bond donors (Lipinski definition) is 2. The highest BCUT2D eigenvalue weighted by Gasteiger charge is 2.22. The van der Waals surface area contributed by atoms with Gasteiger partial charge < -0.3 is 11.5 Å². The summed E-state index contributed by atoms with van der Waals surface area (Å²) >= 11 is 0. The lowest BCUT2D eigenvalue weighted by Crippen LogP contribution is -2.26. The fraction of sp³-hybridized carbons (Fsp3) is 0.545. The number of nitrogen functional groups attached to an aromatic ring is 1. The van der Waals surface area contributed by atoms with Crippen LogP contribution >= 0.6 is 0 Å². The van der Waals surface area contributed by atoms with Crippen LogP contribution < -0.4 is 11.5 Å². The number of rotatable bonds is 1. The SMILES string of the molecule is N#Cc1cnc(C2CCC(N)CC2)nc1N. The number of aromatic nitrogens is 2. The quantitative estimate of drug-likeness (QED) is 0.728.